The maximum absolute atomic E-state index is 12.0. The third kappa shape index (κ3) is 3.76. The molecule has 1 aromatic heterocycles. The highest BCUT2D eigenvalue weighted by molar-refractivity contribution is 5.92. The number of aryl methyl sites for hydroxylation is 2. The summed E-state index contributed by atoms with van der Waals surface area (Å²) in [6.07, 6.45) is 2.41. The summed E-state index contributed by atoms with van der Waals surface area (Å²) in [6.45, 7) is 2.83. The quantitative estimate of drug-likeness (QED) is 0.915. The summed E-state index contributed by atoms with van der Waals surface area (Å²) < 4.78 is 4.95. The molecule has 112 valence electrons. The number of benzene rings is 1. The van der Waals surface area contributed by atoms with Crippen LogP contribution in [0.2, 0.25) is 0 Å². The number of nitrogens with one attached hydrogen (secondary N) is 2. The molecule has 1 aliphatic rings. The predicted octanol–water partition coefficient (Wildman–Crippen LogP) is 2.94. The van der Waals surface area contributed by atoms with Crippen LogP contribution in [-0.4, -0.2) is 17.6 Å². The van der Waals surface area contributed by atoms with E-state index in [1.807, 2.05) is 25.1 Å². The van der Waals surface area contributed by atoms with Gasteiger partial charge in [-0.25, -0.2) is 0 Å². The Hall–Kier alpha value is -2.01. The van der Waals surface area contributed by atoms with Crippen molar-refractivity contribution in [1.82, 2.24) is 5.16 Å². The fourth-order valence-electron chi connectivity index (χ4n) is 2.42. The average Bonchev–Trinajstić information content (AvgIpc) is 2.83. The Labute approximate surface area is 129 Å². The minimum atomic E-state index is -0.0815. The summed E-state index contributed by atoms with van der Waals surface area (Å²) in [4.78, 5) is 12.0. The third-order valence-electron chi connectivity index (χ3n) is 3.35. The van der Waals surface area contributed by atoms with Gasteiger partial charge < -0.3 is 15.2 Å². The SMILES string of the molecule is Cc1cc(CC(=O)Nc2ccc3c(c2)CCCN3)no1.Cl. The molecule has 0 saturated heterocycles. The van der Waals surface area contributed by atoms with Crippen LogP contribution in [0.1, 0.15) is 23.4 Å². The molecule has 0 atom stereocenters. The number of aromatic nitrogens is 1. The van der Waals surface area contributed by atoms with E-state index in [1.54, 1.807) is 6.07 Å². The van der Waals surface area contributed by atoms with Crippen molar-refractivity contribution in [3.63, 3.8) is 0 Å². The summed E-state index contributed by atoms with van der Waals surface area (Å²) in [6, 6.07) is 7.75. The Morgan fingerprint density at radius 3 is 3.05 bits per heavy atom. The molecule has 0 radical (unpaired) electrons. The number of fused-ring (bicyclic) bond motifs is 1. The molecule has 0 spiro atoms. The van der Waals surface area contributed by atoms with E-state index in [0.717, 1.165) is 25.1 Å². The number of nitrogens with zero attached hydrogens (tertiary/aromatic N) is 1. The number of rotatable bonds is 3. The molecular formula is C15H18ClN3O2. The van der Waals surface area contributed by atoms with E-state index < -0.39 is 0 Å². The lowest BCUT2D eigenvalue weighted by atomic mass is 10.0. The third-order valence-corrected chi connectivity index (χ3v) is 3.35. The molecule has 2 aromatic rings. The van der Waals surface area contributed by atoms with Crippen LogP contribution in [0.25, 0.3) is 0 Å². The van der Waals surface area contributed by atoms with Crippen LogP contribution >= 0.6 is 12.4 Å². The summed E-state index contributed by atoms with van der Waals surface area (Å²) in [5, 5.41) is 10.1. The highest BCUT2D eigenvalue weighted by Crippen LogP contribution is 2.25. The van der Waals surface area contributed by atoms with E-state index in [1.165, 1.54) is 11.3 Å². The lowest BCUT2D eigenvalue weighted by Gasteiger charge is -2.18. The molecule has 3 rings (SSSR count). The highest BCUT2D eigenvalue weighted by Gasteiger charge is 2.11. The molecule has 1 aliphatic heterocycles. The molecule has 0 aliphatic carbocycles. The number of amides is 1. The molecule has 6 heteroatoms. The number of carbonyl (C=O) groups is 1. The van der Waals surface area contributed by atoms with Gasteiger partial charge in [-0.2, -0.15) is 0 Å². The maximum Gasteiger partial charge on any atom is 0.230 e. The average molecular weight is 308 g/mol. The summed E-state index contributed by atoms with van der Waals surface area (Å²) >= 11 is 0. The molecule has 0 saturated carbocycles. The maximum atomic E-state index is 12.0. The van der Waals surface area contributed by atoms with Gasteiger partial charge in [0.25, 0.3) is 0 Å². The van der Waals surface area contributed by atoms with Gasteiger partial charge in [-0.15, -0.1) is 12.4 Å². The van der Waals surface area contributed by atoms with Crippen LogP contribution in [0, 0.1) is 6.92 Å². The summed E-state index contributed by atoms with van der Waals surface area (Å²) in [7, 11) is 0. The Kier molecular flexibility index (Phi) is 4.85. The van der Waals surface area contributed by atoms with Gasteiger partial charge in [0.15, 0.2) is 0 Å². The van der Waals surface area contributed by atoms with Gasteiger partial charge in [-0.3, -0.25) is 4.79 Å². The Balaban J connectivity index is 0.00000161. The van der Waals surface area contributed by atoms with Crippen molar-refractivity contribution in [3.8, 4) is 0 Å². The first-order valence-corrected chi connectivity index (χ1v) is 6.79. The molecule has 21 heavy (non-hydrogen) atoms. The molecule has 1 aromatic carbocycles. The zero-order valence-electron chi connectivity index (χ0n) is 11.8. The van der Waals surface area contributed by atoms with Crippen molar-refractivity contribution in [2.24, 2.45) is 0 Å². The van der Waals surface area contributed by atoms with E-state index in [0.29, 0.717) is 11.5 Å². The lowest BCUT2D eigenvalue weighted by molar-refractivity contribution is -0.115. The summed E-state index contributed by atoms with van der Waals surface area (Å²) in [5.74, 6) is 0.634. The van der Waals surface area contributed by atoms with Gasteiger partial charge in [0.2, 0.25) is 5.91 Å². The Morgan fingerprint density at radius 2 is 2.29 bits per heavy atom. The molecule has 0 bridgehead atoms. The Morgan fingerprint density at radius 1 is 1.43 bits per heavy atom. The van der Waals surface area contributed by atoms with E-state index >= 15 is 0 Å². The van der Waals surface area contributed by atoms with E-state index in [-0.39, 0.29) is 24.7 Å². The van der Waals surface area contributed by atoms with Gasteiger partial charge in [0.05, 0.1) is 12.1 Å². The predicted molar refractivity (Wildman–Crippen MR) is 84.1 cm³/mol. The zero-order valence-corrected chi connectivity index (χ0v) is 12.6. The molecule has 0 unspecified atom stereocenters. The standard InChI is InChI=1S/C15H17N3O2.ClH/c1-10-7-13(18-20-10)9-15(19)17-12-4-5-14-11(8-12)3-2-6-16-14;/h4-5,7-8,16H,2-3,6,9H2,1H3,(H,17,19);1H. The van der Waals surface area contributed by atoms with E-state index in [2.05, 4.69) is 15.8 Å². The zero-order chi connectivity index (χ0) is 13.9. The minimum Gasteiger partial charge on any atom is -0.385 e. The second kappa shape index (κ2) is 6.63. The normalized spacial score (nSPS) is 12.8. The van der Waals surface area contributed by atoms with Gasteiger partial charge in [-0.05, 0) is 43.5 Å². The second-order valence-corrected chi connectivity index (χ2v) is 5.06. The number of carbonyl (C=O) groups excluding carboxylic acids is 1. The number of hydrogen-bond acceptors (Lipinski definition) is 4. The molecule has 0 fully saturated rings. The molecule has 2 heterocycles. The first-order valence-electron chi connectivity index (χ1n) is 6.79. The number of hydrogen-bond donors (Lipinski definition) is 2. The van der Waals surface area contributed by atoms with Crippen molar-refractivity contribution < 1.29 is 9.32 Å². The van der Waals surface area contributed by atoms with Crippen LogP contribution in [0.5, 0.6) is 0 Å². The van der Waals surface area contributed by atoms with Crippen LogP contribution in [-0.2, 0) is 17.6 Å². The van der Waals surface area contributed by atoms with Crippen molar-refractivity contribution in [2.75, 3.05) is 17.2 Å². The molecule has 5 nitrogen and oxygen atoms in total. The minimum absolute atomic E-state index is 0. The van der Waals surface area contributed by atoms with Gasteiger partial charge in [0.1, 0.15) is 5.76 Å². The number of halogens is 1. The first-order chi connectivity index (χ1) is 9.70. The van der Waals surface area contributed by atoms with Crippen LogP contribution in [0.3, 0.4) is 0 Å². The van der Waals surface area contributed by atoms with Crippen molar-refractivity contribution in [2.45, 2.75) is 26.2 Å². The largest absolute Gasteiger partial charge is 0.385 e. The summed E-state index contributed by atoms with van der Waals surface area (Å²) in [5.41, 5.74) is 3.91. The molecular weight excluding hydrogens is 290 g/mol. The lowest BCUT2D eigenvalue weighted by Crippen LogP contribution is -2.16. The van der Waals surface area contributed by atoms with Crippen LogP contribution in [0.4, 0.5) is 11.4 Å². The van der Waals surface area contributed by atoms with Crippen molar-refractivity contribution in [1.29, 1.82) is 0 Å². The first kappa shape index (κ1) is 15.4. The fraction of sp³-hybridized carbons (Fsp3) is 0.333. The van der Waals surface area contributed by atoms with Gasteiger partial charge in [0, 0.05) is 24.0 Å². The second-order valence-electron chi connectivity index (χ2n) is 5.06. The fourth-order valence-corrected chi connectivity index (χ4v) is 2.42. The van der Waals surface area contributed by atoms with E-state index in [9.17, 15) is 4.79 Å². The molecule has 2 N–H and O–H groups in total. The topological polar surface area (TPSA) is 67.2 Å². The van der Waals surface area contributed by atoms with Crippen molar-refractivity contribution in [3.05, 3.63) is 41.3 Å². The highest BCUT2D eigenvalue weighted by atomic mass is 35.5. The smallest absolute Gasteiger partial charge is 0.230 e. The Bertz CT molecular complexity index is 640. The van der Waals surface area contributed by atoms with Crippen LogP contribution < -0.4 is 10.6 Å². The van der Waals surface area contributed by atoms with Crippen molar-refractivity contribution >= 4 is 29.7 Å². The monoisotopic (exact) mass is 307 g/mol. The number of anilines is 2. The molecule has 1 amide bonds. The van der Waals surface area contributed by atoms with Gasteiger partial charge in [-0.1, -0.05) is 5.16 Å². The van der Waals surface area contributed by atoms with E-state index in [4.69, 9.17) is 4.52 Å². The van der Waals surface area contributed by atoms with Crippen LogP contribution in [0.15, 0.2) is 28.8 Å². The van der Waals surface area contributed by atoms with Gasteiger partial charge >= 0.3 is 0 Å².